The van der Waals surface area contributed by atoms with Gasteiger partial charge in [-0.05, 0) is 38.0 Å². The summed E-state index contributed by atoms with van der Waals surface area (Å²) in [6, 6.07) is 4.94. The third-order valence-corrected chi connectivity index (χ3v) is 3.99. The van der Waals surface area contributed by atoms with Crippen LogP contribution in [0.1, 0.15) is 67.1 Å². The van der Waals surface area contributed by atoms with E-state index in [1.54, 1.807) is 25.1 Å². The molecule has 0 aliphatic rings. The van der Waals surface area contributed by atoms with E-state index in [9.17, 15) is 4.79 Å². The lowest BCUT2D eigenvalue weighted by Gasteiger charge is -2.12. The summed E-state index contributed by atoms with van der Waals surface area (Å²) >= 11 is 0. The van der Waals surface area contributed by atoms with Crippen molar-refractivity contribution in [3.05, 3.63) is 41.4 Å². The fraction of sp³-hybridized carbons (Fsp3) is 0.444. The normalized spacial score (nSPS) is 12.4. The summed E-state index contributed by atoms with van der Waals surface area (Å²) in [4.78, 5) is 21.2. The van der Waals surface area contributed by atoms with Crippen LogP contribution in [0.5, 0.6) is 0 Å². The molecule has 0 spiro atoms. The molecule has 3 rings (SSSR count). The highest BCUT2D eigenvalue weighted by Crippen LogP contribution is 2.20. The molecule has 2 aromatic heterocycles. The Hall–Kier alpha value is -2.70. The zero-order valence-corrected chi connectivity index (χ0v) is 14.7. The van der Waals surface area contributed by atoms with Gasteiger partial charge in [-0.2, -0.15) is 4.98 Å². The van der Waals surface area contributed by atoms with Crippen molar-refractivity contribution < 1.29 is 13.7 Å². The lowest BCUT2D eigenvalue weighted by molar-refractivity contribution is 0.0927. The van der Waals surface area contributed by atoms with Gasteiger partial charge in [-0.25, -0.2) is 4.98 Å². The summed E-state index contributed by atoms with van der Waals surface area (Å²) in [7, 11) is 0. The quantitative estimate of drug-likeness (QED) is 0.703. The average molecular weight is 342 g/mol. The number of carbonyl (C=O) groups excluding carboxylic acids is 1. The molecule has 132 valence electrons. The Morgan fingerprint density at radius 2 is 2.12 bits per heavy atom. The molecular formula is C18H22N4O3. The summed E-state index contributed by atoms with van der Waals surface area (Å²) in [6.07, 6.45) is 3.57. The van der Waals surface area contributed by atoms with E-state index in [1.807, 2.05) is 6.92 Å². The van der Waals surface area contributed by atoms with Gasteiger partial charge < -0.3 is 14.3 Å². The summed E-state index contributed by atoms with van der Waals surface area (Å²) in [5, 5.41) is 6.70. The van der Waals surface area contributed by atoms with Gasteiger partial charge in [-0.3, -0.25) is 4.79 Å². The van der Waals surface area contributed by atoms with E-state index in [4.69, 9.17) is 8.94 Å². The van der Waals surface area contributed by atoms with Crippen molar-refractivity contribution in [1.82, 2.24) is 20.4 Å². The molecule has 7 nitrogen and oxygen atoms in total. The van der Waals surface area contributed by atoms with Crippen molar-refractivity contribution >= 4 is 17.0 Å². The van der Waals surface area contributed by atoms with Gasteiger partial charge in [0.25, 0.3) is 5.91 Å². The summed E-state index contributed by atoms with van der Waals surface area (Å²) in [5.74, 6) is 1.47. The topological polar surface area (TPSA) is 94.1 Å². The lowest BCUT2D eigenvalue weighted by Crippen LogP contribution is -2.28. The number of fused-ring (bicyclic) bond motifs is 1. The summed E-state index contributed by atoms with van der Waals surface area (Å²) < 4.78 is 10.9. The van der Waals surface area contributed by atoms with Crippen LogP contribution in [-0.2, 0) is 6.42 Å². The van der Waals surface area contributed by atoms with Crippen molar-refractivity contribution in [1.29, 1.82) is 0 Å². The van der Waals surface area contributed by atoms with Crippen molar-refractivity contribution in [3.8, 4) is 0 Å². The van der Waals surface area contributed by atoms with Crippen LogP contribution in [0.15, 0.2) is 27.1 Å². The molecule has 25 heavy (non-hydrogen) atoms. The molecule has 1 amide bonds. The minimum atomic E-state index is -0.318. The van der Waals surface area contributed by atoms with E-state index in [2.05, 4.69) is 27.4 Å². The van der Waals surface area contributed by atoms with Gasteiger partial charge in [0.1, 0.15) is 11.6 Å². The van der Waals surface area contributed by atoms with Gasteiger partial charge in [-0.15, -0.1) is 0 Å². The van der Waals surface area contributed by atoms with Crippen molar-refractivity contribution in [2.45, 2.75) is 52.5 Å². The Morgan fingerprint density at radius 1 is 1.28 bits per heavy atom. The fourth-order valence-electron chi connectivity index (χ4n) is 2.59. The molecule has 1 atom stereocenters. The van der Waals surface area contributed by atoms with E-state index >= 15 is 0 Å². The SMILES string of the molecule is CCCCc1nc2cc(C(=O)N[C@H](CC)c3nc(C)no3)ccc2o1. The van der Waals surface area contributed by atoms with E-state index in [-0.39, 0.29) is 11.9 Å². The second-order valence-corrected chi connectivity index (χ2v) is 6.01. The van der Waals surface area contributed by atoms with E-state index in [0.29, 0.717) is 40.7 Å². The van der Waals surface area contributed by atoms with Gasteiger partial charge in [-0.1, -0.05) is 25.4 Å². The highest BCUT2D eigenvalue weighted by molar-refractivity contribution is 5.97. The molecule has 0 saturated carbocycles. The monoisotopic (exact) mass is 342 g/mol. The molecule has 0 bridgehead atoms. The number of aromatic nitrogens is 3. The van der Waals surface area contributed by atoms with Gasteiger partial charge in [0.2, 0.25) is 5.89 Å². The Balaban J connectivity index is 1.76. The van der Waals surface area contributed by atoms with Gasteiger partial charge in [0, 0.05) is 12.0 Å². The molecule has 0 unspecified atom stereocenters. The molecule has 0 saturated heterocycles. The highest BCUT2D eigenvalue weighted by Gasteiger charge is 2.20. The molecule has 2 heterocycles. The van der Waals surface area contributed by atoms with Crippen molar-refractivity contribution in [2.24, 2.45) is 0 Å². The number of nitrogens with one attached hydrogen (secondary N) is 1. The smallest absolute Gasteiger partial charge is 0.252 e. The third-order valence-electron chi connectivity index (χ3n) is 3.99. The second-order valence-electron chi connectivity index (χ2n) is 6.01. The largest absolute Gasteiger partial charge is 0.441 e. The zero-order valence-electron chi connectivity index (χ0n) is 14.7. The van der Waals surface area contributed by atoms with E-state index in [0.717, 1.165) is 19.3 Å². The lowest BCUT2D eigenvalue weighted by atomic mass is 10.1. The minimum absolute atomic E-state index is 0.206. The number of hydrogen-bond donors (Lipinski definition) is 1. The Labute approximate surface area is 145 Å². The predicted octanol–water partition coefficient (Wildman–Crippen LogP) is 3.74. The Morgan fingerprint density at radius 3 is 2.80 bits per heavy atom. The van der Waals surface area contributed by atoms with Gasteiger partial charge in [0.05, 0.1) is 0 Å². The second kappa shape index (κ2) is 7.46. The number of oxazole rings is 1. The maximum absolute atomic E-state index is 12.6. The third kappa shape index (κ3) is 3.87. The van der Waals surface area contributed by atoms with Crippen molar-refractivity contribution in [2.75, 3.05) is 0 Å². The van der Waals surface area contributed by atoms with Crippen LogP contribution in [0.2, 0.25) is 0 Å². The van der Waals surface area contributed by atoms with Crippen LogP contribution in [-0.4, -0.2) is 21.0 Å². The molecule has 0 aliphatic heterocycles. The molecule has 3 aromatic rings. The number of carbonyl (C=O) groups is 1. The summed E-state index contributed by atoms with van der Waals surface area (Å²) in [6.45, 7) is 5.82. The number of nitrogens with zero attached hydrogens (tertiary/aromatic N) is 3. The number of aryl methyl sites for hydroxylation is 2. The zero-order chi connectivity index (χ0) is 17.8. The number of hydrogen-bond acceptors (Lipinski definition) is 6. The van der Waals surface area contributed by atoms with Gasteiger partial charge in [0.15, 0.2) is 17.3 Å². The molecule has 0 fully saturated rings. The molecular weight excluding hydrogens is 320 g/mol. The van der Waals surface area contributed by atoms with Crippen LogP contribution < -0.4 is 5.32 Å². The van der Waals surface area contributed by atoms with Crippen LogP contribution in [0, 0.1) is 6.92 Å². The molecule has 1 N–H and O–H groups in total. The molecule has 0 radical (unpaired) electrons. The van der Waals surface area contributed by atoms with Crippen LogP contribution in [0.3, 0.4) is 0 Å². The Bertz CT molecular complexity index is 868. The van der Waals surface area contributed by atoms with E-state index in [1.165, 1.54) is 0 Å². The first-order chi connectivity index (χ1) is 12.1. The average Bonchev–Trinajstić information content (AvgIpc) is 3.22. The first-order valence-electron chi connectivity index (χ1n) is 8.61. The fourth-order valence-corrected chi connectivity index (χ4v) is 2.59. The number of unbranched alkanes of at least 4 members (excludes halogenated alkanes) is 1. The number of amides is 1. The van der Waals surface area contributed by atoms with Crippen molar-refractivity contribution in [3.63, 3.8) is 0 Å². The van der Waals surface area contributed by atoms with Crippen LogP contribution in [0.25, 0.3) is 11.1 Å². The molecule has 7 heteroatoms. The highest BCUT2D eigenvalue weighted by atomic mass is 16.5. The van der Waals surface area contributed by atoms with Gasteiger partial charge >= 0.3 is 0 Å². The maximum Gasteiger partial charge on any atom is 0.252 e. The van der Waals surface area contributed by atoms with Crippen LogP contribution >= 0.6 is 0 Å². The summed E-state index contributed by atoms with van der Waals surface area (Å²) in [5.41, 5.74) is 1.92. The number of rotatable bonds is 7. The molecule has 0 aliphatic carbocycles. The van der Waals surface area contributed by atoms with Crippen LogP contribution in [0.4, 0.5) is 0 Å². The number of benzene rings is 1. The maximum atomic E-state index is 12.6. The first kappa shape index (κ1) is 17.1. The first-order valence-corrected chi connectivity index (χ1v) is 8.61. The Kier molecular flexibility index (Phi) is 5.11. The minimum Gasteiger partial charge on any atom is -0.441 e. The molecule has 1 aromatic carbocycles. The van der Waals surface area contributed by atoms with E-state index < -0.39 is 0 Å². The predicted molar refractivity (Wildman–Crippen MR) is 92.2 cm³/mol. The standard InChI is InChI=1S/C18H22N4O3/c1-4-6-7-16-20-14-10-12(8-9-15(14)24-16)17(23)21-13(5-2)18-19-11(3)22-25-18/h8-10,13H,4-7H2,1-3H3,(H,21,23)/t13-/m1/s1.